The molecule has 0 unspecified atom stereocenters. The first-order chi connectivity index (χ1) is 14.7. The summed E-state index contributed by atoms with van der Waals surface area (Å²) in [5.41, 5.74) is 1.40. The van der Waals surface area contributed by atoms with Gasteiger partial charge in [-0.05, 0) is 24.1 Å². The highest BCUT2D eigenvalue weighted by Gasteiger charge is 2.17. The zero-order valence-corrected chi connectivity index (χ0v) is 18.6. The van der Waals surface area contributed by atoms with E-state index in [1.807, 2.05) is 25.1 Å². The second kappa shape index (κ2) is 8.12. The number of halogens is 1. The molecule has 0 saturated carbocycles. The first kappa shape index (κ1) is 21.0. The third-order valence-electron chi connectivity index (χ3n) is 4.92. The van der Waals surface area contributed by atoms with Gasteiger partial charge < -0.3 is 9.88 Å². The molecule has 0 bridgehead atoms. The fourth-order valence-corrected chi connectivity index (χ4v) is 4.30. The van der Waals surface area contributed by atoms with Crippen molar-refractivity contribution in [3.8, 4) is 0 Å². The van der Waals surface area contributed by atoms with Gasteiger partial charge in [0.15, 0.2) is 16.3 Å². The second-order valence-corrected chi connectivity index (χ2v) is 8.72. The van der Waals surface area contributed by atoms with Gasteiger partial charge in [-0.1, -0.05) is 23.7 Å². The Bertz CT molecular complexity index is 1430. The van der Waals surface area contributed by atoms with Gasteiger partial charge in [-0.3, -0.25) is 14.2 Å². The van der Waals surface area contributed by atoms with Crippen molar-refractivity contribution < 1.29 is 4.79 Å². The van der Waals surface area contributed by atoms with Crippen molar-refractivity contribution in [1.29, 1.82) is 0 Å². The zero-order chi connectivity index (χ0) is 22.3. The molecule has 0 radical (unpaired) electrons. The lowest BCUT2D eigenvalue weighted by Crippen LogP contribution is -2.42. The molecular weight excluding hydrogens is 440 g/mol. The SMILES string of the molecule is Cc1ccc(Cc2cnc(NC(=O)Cn3c(=O)c4c(ncn4C)n(C)c3=O)s2)cc1Cl. The normalized spacial score (nSPS) is 11.2. The van der Waals surface area contributed by atoms with Gasteiger partial charge in [0.2, 0.25) is 5.91 Å². The van der Waals surface area contributed by atoms with Crippen molar-refractivity contribution >= 4 is 45.1 Å². The maximum Gasteiger partial charge on any atom is 0.332 e. The maximum absolute atomic E-state index is 12.7. The van der Waals surface area contributed by atoms with Crippen LogP contribution in [0.4, 0.5) is 5.13 Å². The Morgan fingerprint density at radius 2 is 2.00 bits per heavy atom. The van der Waals surface area contributed by atoms with Gasteiger partial charge >= 0.3 is 5.69 Å². The molecule has 11 heteroatoms. The van der Waals surface area contributed by atoms with Crippen LogP contribution in [0.25, 0.3) is 11.2 Å². The molecule has 1 aromatic carbocycles. The number of nitrogens with zero attached hydrogens (tertiary/aromatic N) is 5. The predicted molar refractivity (Wildman–Crippen MR) is 120 cm³/mol. The van der Waals surface area contributed by atoms with E-state index in [0.29, 0.717) is 16.6 Å². The van der Waals surface area contributed by atoms with E-state index >= 15 is 0 Å². The van der Waals surface area contributed by atoms with E-state index in [1.54, 1.807) is 13.2 Å². The summed E-state index contributed by atoms with van der Waals surface area (Å²) in [6.45, 7) is 1.52. The molecule has 0 saturated heterocycles. The Labute approximate surface area is 185 Å². The summed E-state index contributed by atoms with van der Waals surface area (Å²) in [7, 11) is 3.17. The Morgan fingerprint density at radius 1 is 1.23 bits per heavy atom. The van der Waals surface area contributed by atoms with E-state index in [2.05, 4.69) is 15.3 Å². The van der Waals surface area contributed by atoms with Crippen LogP contribution in [-0.2, 0) is 31.9 Å². The second-order valence-electron chi connectivity index (χ2n) is 7.20. The molecule has 0 aliphatic carbocycles. The molecular formula is C20H19ClN6O3S. The lowest BCUT2D eigenvalue weighted by molar-refractivity contribution is -0.116. The first-order valence-electron chi connectivity index (χ1n) is 9.35. The summed E-state index contributed by atoms with van der Waals surface area (Å²) in [5.74, 6) is -0.514. The molecule has 4 rings (SSSR count). The van der Waals surface area contributed by atoms with Gasteiger partial charge in [-0.15, -0.1) is 11.3 Å². The lowest BCUT2D eigenvalue weighted by Gasteiger charge is -2.08. The summed E-state index contributed by atoms with van der Waals surface area (Å²) in [5, 5.41) is 3.75. The number of aryl methyl sites for hydroxylation is 3. The lowest BCUT2D eigenvalue weighted by atomic mass is 10.1. The molecule has 1 amide bonds. The average molecular weight is 459 g/mol. The van der Waals surface area contributed by atoms with Gasteiger partial charge in [-0.2, -0.15) is 0 Å². The number of benzene rings is 1. The van der Waals surface area contributed by atoms with E-state index in [0.717, 1.165) is 20.6 Å². The number of amides is 1. The minimum absolute atomic E-state index is 0.253. The standard InChI is InChI=1S/C20H19ClN6O3S/c1-11-4-5-12(7-14(11)21)6-13-8-22-19(31-13)24-15(28)9-27-18(29)16-17(23-10-25(16)2)26(3)20(27)30/h4-5,7-8,10H,6,9H2,1-3H3,(H,22,24,28). The number of carbonyl (C=O) groups is 1. The predicted octanol–water partition coefficient (Wildman–Crippen LogP) is 2.08. The molecule has 3 heterocycles. The van der Waals surface area contributed by atoms with Crippen LogP contribution in [0.1, 0.15) is 16.0 Å². The van der Waals surface area contributed by atoms with Crippen LogP contribution in [0.5, 0.6) is 0 Å². The maximum atomic E-state index is 12.7. The van der Waals surface area contributed by atoms with Crippen molar-refractivity contribution in [3.63, 3.8) is 0 Å². The number of thiazole rings is 1. The Balaban J connectivity index is 1.51. The molecule has 0 spiro atoms. The largest absolute Gasteiger partial charge is 0.332 e. The number of rotatable bonds is 5. The third kappa shape index (κ3) is 4.04. The first-order valence-corrected chi connectivity index (χ1v) is 10.5. The third-order valence-corrected chi connectivity index (χ3v) is 6.24. The van der Waals surface area contributed by atoms with Crippen molar-refractivity contribution in [3.05, 3.63) is 72.6 Å². The Kier molecular flexibility index (Phi) is 5.50. The van der Waals surface area contributed by atoms with E-state index in [4.69, 9.17) is 11.6 Å². The smallest absolute Gasteiger partial charge is 0.328 e. The topological polar surface area (TPSA) is 104 Å². The van der Waals surface area contributed by atoms with E-state index in [-0.39, 0.29) is 11.2 Å². The number of aromatic nitrogens is 5. The quantitative estimate of drug-likeness (QED) is 0.493. The number of nitrogens with one attached hydrogen (secondary N) is 1. The van der Waals surface area contributed by atoms with Crippen molar-refractivity contribution in [2.75, 3.05) is 5.32 Å². The molecule has 4 aromatic rings. The molecule has 31 heavy (non-hydrogen) atoms. The fourth-order valence-electron chi connectivity index (χ4n) is 3.23. The molecule has 1 N–H and O–H groups in total. The number of fused-ring (bicyclic) bond motifs is 1. The average Bonchev–Trinajstić information content (AvgIpc) is 3.33. The summed E-state index contributed by atoms with van der Waals surface area (Å²) >= 11 is 7.50. The van der Waals surface area contributed by atoms with Crippen LogP contribution in [0, 0.1) is 6.92 Å². The minimum Gasteiger partial charge on any atom is -0.328 e. The summed E-state index contributed by atoms with van der Waals surface area (Å²) in [4.78, 5) is 47.0. The Morgan fingerprint density at radius 3 is 2.74 bits per heavy atom. The molecule has 3 aromatic heterocycles. The van der Waals surface area contributed by atoms with E-state index < -0.39 is 23.7 Å². The van der Waals surface area contributed by atoms with Crippen LogP contribution in [0.15, 0.2) is 40.3 Å². The molecule has 0 atom stereocenters. The highest BCUT2D eigenvalue weighted by molar-refractivity contribution is 7.15. The van der Waals surface area contributed by atoms with Crippen molar-refractivity contribution in [2.45, 2.75) is 19.9 Å². The number of hydrogen-bond acceptors (Lipinski definition) is 6. The van der Waals surface area contributed by atoms with Crippen molar-refractivity contribution in [2.24, 2.45) is 14.1 Å². The molecule has 9 nitrogen and oxygen atoms in total. The van der Waals surface area contributed by atoms with Crippen molar-refractivity contribution in [1.82, 2.24) is 23.7 Å². The number of imidazole rings is 1. The number of hydrogen-bond donors (Lipinski definition) is 1. The van der Waals surface area contributed by atoms with E-state index in [9.17, 15) is 14.4 Å². The fraction of sp³-hybridized carbons (Fsp3) is 0.250. The Hall–Kier alpha value is -3.24. The highest BCUT2D eigenvalue weighted by atomic mass is 35.5. The summed E-state index contributed by atoms with van der Waals surface area (Å²) < 4.78 is 3.66. The van der Waals surface area contributed by atoms with E-state index in [1.165, 1.54) is 33.8 Å². The highest BCUT2D eigenvalue weighted by Crippen LogP contribution is 2.23. The monoisotopic (exact) mass is 458 g/mol. The number of anilines is 1. The van der Waals surface area contributed by atoms with Crippen LogP contribution in [-0.4, -0.2) is 29.6 Å². The van der Waals surface area contributed by atoms with Gasteiger partial charge in [0.05, 0.1) is 6.33 Å². The molecule has 0 aliphatic heterocycles. The van der Waals surface area contributed by atoms with Gasteiger partial charge in [-0.25, -0.2) is 19.3 Å². The summed E-state index contributed by atoms with van der Waals surface area (Å²) in [6, 6.07) is 5.86. The summed E-state index contributed by atoms with van der Waals surface area (Å²) in [6.07, 6.45) is 3.76. The molecule has 160 valence electrons. The van der Waals surface area contributed by atoms with Crippen LogP contribution in [0.2, 0.25) is 5.02 Å². The van der Waals surface area contributed by atoms with Gasteiger partial charge in [0, 0.05) is 36.6 Å². The van der Waals surface area contributed by atoms with Gasteiger partial charge in [0.25, 0.3) is 5.56 Å². The molecule has 0 aliphatic rings. The van der Waals surface area contributed by atoms with Crippen LogP contribution >= 0.6 is 22.9 Å². The minimum atomic E-state index is -0.609. The van der Waals surface area contributed by atoms with Crippen LogP contribution in [0.3, 0.4) is 0 Å². The zero-order valence-electron chi connectivity index (χ0n) is 17.0. The van der Waals surface area contributed by atoms with Crippen LogP contribution < -0.4 is 16.6 Å². The molecule has 0 fully saturated rings. The number of carbonyl (C=O) groups excluding carboxylic acids is 1. The van der Waals surface area contributed by atoms with Gasteiger partial charge in [0.1, 0.15) is 6.54 Å².